The molecule has 1 saturated carbocycles. The highest BCUT2D eigenvalue weighted by Crippen LogP contribution is 2.40. The predicted molar refractivity (Wildman–Crippen MR) is 78.4 cm³/mol. The van der Waals surface area contributed by atoms with Crippen molar-refractivity contribution in [2.45, 2.75) is 19.8 Å². The van der Waals surface area contributed by atoms with E-state index in [1.165, 1.54) is 24.4 Å². The molecule has 4 nitrogen and oxygen atoms in total. The highest BCUT2D eigenvalue weighted by molar-refractivity contribution is 7.11. The molecular weight excluding hydrogens is 264 g/mol. The monoisotopic (exact) mass is 280 g/mol. The Hall–Kier alpha value is -1.14. The Balaban J connectivity index is 1.94. The largest absolute Gasteiger partial charge is 0.382 e. The van der Waals surface area contributed by atoms with Gasteiger partial charge in [-0.05, 0) is 37.2 Å². The van der Waals surface area contributed by atoms with Gasteiger partial charge in [0.05, 0.1) is 16.3 Å². The maximum absolute atomic E-state index is 6.00. The van der Waals surface area contributed by atoms with Crippen LogP contribution in [0.5, 0.6) is 0 Å². The number of hydrogen-bond acceptors (Lipinski definition) is 6. The van der Waals surface area contributed by atoms with Crippen molar-refractivity contribution in [1.29, 1.82) is 0 Å². The lowest BCUT2D eigenvalue weighted by Gasteiger charge is -2.17. The van der Waals surface area contributed by atoms with Gasteiger partial charge in [-0.15, -0.1) is 11.3 Å². The summed E-state index contributed by atoms with van der Waals surface area (Å²) in [5.41, 5.74) is 7.97. The van der Waals surface area contributed by atoms with Crippen LogP contribution >= 0.6 is 22.9 Å². The quantitative estimate of drug-likeness (QED) is 0.935. The molecule has 0 atom stereocenters. The zero-order valence-electron chi connectivity index (χ0n) is 10.5. The fourth-order valence-electron chi connectivity index (χ4n) is 2.04. The van der Waals surface area contributed by atoms with Gasteiger partial charge in [-0.25, -0.2) is 4.98 Å². The Morgan fingerprint density at radius 3 is 2.89 bits per heavy atom. The summed E-state index contributed by atoms with van der Waals surface area (Å²) in [5, 5.41) is 4.26. The number of aromatic nitrogens is 2. The van der Waals surface area contributed by atoms with Crippen LogP contribution in [0, 0.1) is 12.8 Å². The van der Waals surface area contributed by atoms with Crippen LogP contribution in [0.2, 0.25) is 0 Å². The van der Waals surface area contributed by atoms with Crippen LogP contribution in [0.3, 0.4) is 0 Å². The van der Waals surface area contributed by atoms with Crippen LogP contribution in [-0.4, -0.2) is 22.9 Å². The molecule has 0 bridgehead atoms. The second-order valence-corrected chi connectivity index (χ2v) is 6.64. The molecule has 1 aliphatic carbocycles. The first-order chi connectivity index (χ1) is 8.65. The molecule has 1 aliphatic rings. The highest BCUT2D eigenvalue weighted by Gasteiger charge is 2.26. The standard InChI is InChI=1S/C12H16N4S2/c1-7-14-9(6-17-7)10-11(13)15-18-12(10)16(2)5-8-3-4-8/h6,8H,3-5H2,1-2H3,(H2,13,15). The molecule has 6 heteroatoms. The fourth-order valence-corrected chi connectivity index (χ4v) is 3.44. The van der Waals surface area contributed by atoms with Gasteiger partial charge < -0.3 is 10.6 Å². The molecule has 0 amide bonds. The minimum Gasteiger partial charge on any atom is -0.382 e. The summed E-state index contributed by atoms with van der Waals surface area (Å²) in [6, 6.07) is 0. The van der Waals surface area contributed by atoms with Gasteiger partial charge in [0.2, 0.25) is 0 Å². The van der Waals surface area contributed by atoms with E-state index >= 15 is 0 Å². The zero-order valence-corrected chi connectivity index (χ0v) is 12.1. The van der Waals surface area contributed by atoms with Crippen molar-refractivity contribution in [3.63, 3.8) is 0 Å². The first-order valence-electron chi connectivity index (χ1n) is 6.04. The van der Waals surface area contributed by atoms with E-state index in [1.807, 2.05) is 6.92 Å². The lowest BCUT2D eigenvalue weighted by atomic mass is 10.2. The summed E-state index contributed by atoms with van der Waals surface area (Å²) < 4.78 is 4.29. The number of thiazole rings is 1. The van der Waals surface area contributed by atoms with Gasteiger partial charge in [0, 0.05) is 19.0 Å². The van der Waals surface area contributed by atoms with Gasteiger partial charge in [-0.2, -0.15) is 4.37 Å². The van der Waals surface area contributed by atoms with Crippen LogP contribution in [-0.2, 0) is 0 Å². The molecule has 3 rings (SSSR count). The minimum absolute atomic E-state index is 0.600. The van der Waals surface area contributed by atoms with E-state index in [4.69, 9.17) is 5.73 Å². The number of nitrogen functional groups attached to an aromatic ring is 1. The van der Waals surface area contributed by atoms with Gasteiger partial charge in [0.1, 0.15) is 10.8 Å². The zero-order chi connectivity index (χ0) is 12.7. The summed E-state index contributed by atoms with van der Waals surface area (Å²) in [5.74, 6) is 1.45. The van der Waals surface area contributed by atoms with Crippen molar-refractivity contribution in [2.24, 2.45) is 5.92 Å². The molecular formula is C12H16N4S2. The first-order valence-corrected chi connectivity index (χ1v) is 7.69. The molecule has 2 aromatic heterocycles. The van der Waals surface area contributed by atoms with E-state index in [2.05, 4.69) is 26.7 Å². The van der Waals surface area contributed by atoms with E-state index in [0.29, 0.717) is 5.82 Å². The molecule has 0 radical (unpaired) electrons. The van der Waals surface area contributed by atoms with E-state index in [9.17, 15) is 0 Å². The average molecular weight is 280 g/mol. The number of rotatable bonds is 4. The first kappa shape index (κ1) is 11.9. The average Bonchev–Trinajstić information content (AvgIpc) is 2.90. The predicted octanol–water partition coefficient (Wildman–Crippen LogP) is 3.00. The third kappa shape index (κ3) is 2.22. The van der Waals surface area contributed by atoms with Gasteiger partial charge >= 0.3 is 0 Å². The summed E-state index contributed by atoms with van der Waals surface area (Å²) in [6.07, 6.45) is 2.70. The molecule has 96 valence electrons. The third-order valence-corrected chi connectivity index (χ3v) is 4.90. The number of hydrogen-bond donors (Lipinski definition) is 1. The fraction of sp³-hybridized carbons (Fsp3) is 0.500. The van der Waals surface area contributed by atoms with E-state index in [-0.39, 0.29) is 0 Å². The van der Waals surface area contributed by atoms with Gasteiger partial charge in [-0.3, -0.25) is 0 Å². The van der Waals surface area contributed by atoms with Crippen molar-refractivity contribution in [3.05, 3.63) is 10.4 Å². The van der Waals surface area contributed by atoms with Gasteiger partial charge in [0.15, 0.2) is 0 Å². The van der Waals surface area contributed by atoms with Crippen molar-refractivity contribution < 1.29 is 0 Å². The SMILES string of the molecule is Cc1nc(-c2c(N)nsc2N(C)CC2CC2)cs1. The maximum Gasteiger partial charge on any atom is 0.148 e. The van der Waals surface area contributed by atoms with E-state index in [1.54, 1.807) is 11.3 Å². The number of nitrogens with zero attached hydrogens (tertiary/aromatic N) is 3. The normalized spacial score (nSPS) is 15.0. The molecule has 0 unspecified atom stereocenters. The lowest BCUT2D eigenvalue weighted by molar-refractivity contribution is 0.793. The second kappa shape index (κ2) is 4.51. The summed E-state index contributed by atoms with van der Waals surface area (Å²) >= 11 is 3.12. The third-order valence-electron chi connectivity index (χ3n) is 3.15. The van der Waals surface area contributed by atoms with Crippen LogP contribution in [0.15, 0.2) is 5.38 Å². The van der Waals surface area contributed by atoms with Crippen molar-refractivity contribution >= 4 is 33.7 Å². The smallest absolute Gasteiger partial charge is 0.148 e. The van der Waals surface area contributed by atoms with Crippen molar-refractivity contribution in [3.8, 4) is 11.3 Å². The summed E-state index contributed by atoms with van der Waals surface area (Å²) in [4.78, 5) is 6.80. The molecule has 2 aromatic rings. The van der Waals surface area contributed by atoms with Crippen LogP contribution in [0.1, 0.15) is 17.8 Å². The Kier molecular flexibility index (Phi) is 2.99. The van der Waals surface area contributed by atoms with E-state index < -0.39 is 0 Å². The summed E-state index contributed by atoms with van der Waals surface area (Å²) in [7, 11) is 2.12. The molecule has 0 aliphatic heterocycles. The highest BCUT2D eigenvalue weighted by atomic mass is 32.1. The molecule has 0 aromatic carbocycles. The molecule has 2 heterocycles. The van der Waals surface area contributed by atoms with Crippen LogP contribution in [0.4, 0.5) is 10.8 Å². The lowest BCUT2D eigenvalue weighted by Crippen LogP contribution is -2.19. The number of anilines is 2. The molecule has 18 heavy (non-hydrogen) atoms. The molecule has 2 N–H and O–H groups in total. The number of aryl methyl sites for hydroxylation is 1. The Labute approximate surface area is 115 Å². The summed E-state index contributed by atoms with van der Waals surface area (Å²) in [6.45, 7) is 3.11. The van der Waals surface area contributed by atoms with E-state index in [0.717, 1.165) is 33.7 Å². The minimum atomic E-state index is 0.600. The van der Waals surface area contributed by atoms with Crippen molar-refractivity contribution in [1.82, 2.24) is 9.36 Å². The van der Waals surface area contributed by atoms with Crippen LogP contribution in [0.25, 0.3) is 11.3 Å². The Morgan fingerprint density at radius 2 is 2.28 bits per heavy atom. The number of nitrogens with two attached hydrogens (primary N) is 1. The topological polar surface area (TPSA) is 55.0 Å². The Morgan fingerprint density at radius 1 is 1.50 bits per heavy atom. The Bertz CT molecular complexity index is 556. The van der Waals surface area contributed by atoms with Gasteiger partial charge in [-0.1, -0.05) is 0 Å². The maximum atomic E-state index is 6.00. The molecule has 0 spiro atoms. The second-order valence-electron chi connectivity index (χ2n) is 4.82. The van der Waals surface area contributed by atoms with Gasteiger partial charge in [0.25, 0.3) is 0 Å². The van der Waals surface area contributed by atoms with Crippen molar-refractivity contribution in [2.75, 3.05) is 24.2 Å². The molecule has 1 fully saturated rings. The van der Waals surface area contributed by atoms with Crippen LogP contribution < -0.4 is 10.6 Å². The molecule has 0 saturated heterocycles.